The van der Waals surface area contributed by atoms with Gasteiger partial charge in [-0.2, -0.15) is 0 Å². The van der Waals surface area contributed by atoms with Crippen LogP contribution in [-0.4, -0.2) is 47.6 Å². The second kappa shape index (κ2) is 6.56. The molecule has 128 valence electrons. The van der Waals surface area contributed by atoms with Crippen LogP contribution >= 0.6 is 0 Å². The predicted molar refractivity (Wildman–Crippen MR) is 88.2 cm³/mol. The number of ether oxygens (including phenoxy) is 1. The summed E-state index contributed by atoms with van der Waals surface area (Å²) in [6.45, 7) is 8.95. The molecule has 1 fully saturated rings. The summed E-state index contributed by atoms with van der Waals surface area (Å²) in [5.74, 6) is 0.654. The van der Waals surface area contributed by atoms with Gasteiger partial charge in [0.2, 0.25) is 5.88 Å². The molecule has 1 aliphatic heterocycles. The highest BCUT2D eigenvalue weighted by Gasteiger charge is 2.20. The van der Waals surface area contributed by atoms with Gasteiger partial charge in [0, 0.05) is 24.6 Å². The summed E-state index contributed by atoms with van der Waals surface area (Å²) in [5.41, 5.74) is 0.846. The summed E-state index contributed by atoms with van der Waals surface area (Å²) in [7, 11) is 0. The van der Waals surface area contributed by atoms with Crippen LogP contribution in [0.2, 0.25) is 0 Å². The summed E-state index contributed by atoms with van der Waals surface area (Å²) in [5, 5.41) is 14.7. The number of anilines is 2. The Balaban J connectivity index is 1.65. The van der Waals surface area contributed by atoms with Crippen molar-refractivity contribution >= 4 is 17.6 Å². The molecule has 8 nitrogen and oxygen atoms in total. The fourth-order valence-electron chi connectivity index (χ4n) is 2.27. The molecule has 0 bridgehead atoms. The number of nitrogens with one attached hydrogen (secondary N) is 1. The van der Waals surface area contributed by atoms with Crippen LogP contribution in [0, 0.1) is 0 Å². The first kappa shape index (κ1) is 16.4. The summed E-state index contributed by atoms with van der Waals surface area (Å²) >= 11 is 0. The molecule has 24 heavy (non-hydrogen) atoms. The Morgan fingerprint density at radius 1 is 1.21 bits per heavy atom. The number of hydrogen-bond donors (Lipinski definition) is 1. The van der Waals surface area contributed by atoms with Crippen molar-refractivity contribution < 1.29 is 14.1 Å². The first-order valence-corrected chi connectivity index (χ1v) is 7.88. The molecular weight excluding hydrogens is 310 g/mol. The number of hydrogen-bond acceptors (Lipinski definition) is 7. The van der Waals surface area contributed by atoms with Gasteiger partial charge in [-0.25, -0.2) is 0 Å². The summed E-state index contributed by atoms with van der Waals surface area (Å²) in [6.07, 6.45) is 0. The van der Waals surface area contributed by atoms with Gasteiger partial charge in [-0.15, -0.1) is 10.2 Å². The van der Waals surface area contributed by atoms with Crippen LogP contribution in [0.25, 0.3) is 0 Å². The fourth-order valence-corrected chi connectivity index (χ4v) is 2.27. The smallest absolute Gasteiger partial charge is 0.278 e. The molecule has 0 saturated carbocycles. The standard InChI is InChI=1S/C16H21N5O3/c1-16(2,3)12-10-14(24-20-12)17-15(22)11-4-5-13(19-18-11)21-6-8-23-9-7-21/h4-5,10H,6-9H2,1-3H3,(H,17,22). The first-order valence-electron chi connectivity index (χ1n) is 7.88. The highest BCUT2D eigenvalue weighted by molar-refractivity contribution is 6.02. The lowest BCUT2D eigenvalue weighted by molar-refractivity contribution is 0.101. The van der Waals surface area contributed by atoms with Gasteiger partial charge in [0.25, 0.3) is 5.91 Å². The van der Waals surface area contributed by atoms with Crippen molar-refractivity contribution in [3.63, 3.8) is 0 Å². The molecule has 0 aromatic carbocycles. The summed E-state index contributed by atoms with van der Waals surface area (Å²) < 4.78 is 10.5. The van der Waals surface area contributed by atoms with E-state index in [2.05, 4.69) is 25.6 Å². The Morgan fingerprint density at radius 2 is 1.96 bits per heavy atom. The molecule has 2 aromatic heterocycles. The van der Waals surface area contributed by atoms with Crippen LogP contribution in [0.5, 0.6) is 0 Å². The molecule has 1 amide bonds. The molecule has 0 aliphatic carbocycles. The van der Waals surface area contributed by atoms with E-state index < -0.39 is 0 Å². The summed E-state index contributed by atoms with van der Waals surface area (Å²) in [6, 6.07) is 5.15. The van der Waals surface area contributed by atoms with Gasteiger partial charge in [0.1, 0.15) is 0 Å². The van der Waals surface area contributed by atoms with E-state index in [0.29, 0.717) is 19.1 Å². The van der Waals surface area contributed by atoms with E-state index in [1.54, 1.807) is 18.2 Å². The second-order valence-corrected chi connectivity index (χ2v) is 6.66. The number of nitrogens with zero attached hydrogens (tertiary/aromatic N) is 4. The molecule has 8 heteroatoms. The van der Waals surface area contributed by atoms with E-state index in [1.807, 2.05) is 20.8 Å². The molecule has 2 aromatic rings. The van der Waals surface area contributed by atoms with Crippen LogP contribution in [0.1, 0.15) is 37.0 Å². The lowest BCUT2D eigenvalue weighted by Gasteiger charge is -2.27. The Labute approximate surface area is 140 Å². The lowest BCUT2D eigenvalue weighted by atomic mass is 9.92. The van der Waals surface area contributed by atoms with Gasteiger partial charge in [-0.05, 0) is 12.1 Å². The monoisotopic (exact) mass is 331 g/mol. The van der Waals surface area contributed by atoms with Gasteiger partial charge in [0.05, 0.1) is 18.9 Å². The highest BCUT2D eigenvalue weighted by Crippen LogP contribution is 2.23. The van der Waals surface area contributed by atoms with Gasteiger partial charge >= 0.3 is 0 Å². The Kier molecular flexibility index (Phi) is 4.48. The number of morpholine rings is 1. The first-order chi connectivity index (χ1) is 11.4. The van der Waals surface area contributed by atoms with Gasteiger partial charge in [-0.1, -0.05) is 25.9 Å². The number of amides is 1. The molecule has 0 atom stereocenters. The third kappa shape index (κ3) is 3.70. The molecular formula is C16H21N5O3. The van der Waals surface area contributed by atoms with E-state index in [1.165, 1.54) is 0 Å². The van der Waals surface area contributed by atoms with Crippen LogP contribution < -0.4 is 10.2 Å². The molecule has 0 spiro atoms. The van der Waals surface area contributed by atoms with Gasteiger partial charge < -0.3 is 14.2 Å². The molecule has 3 rings (SSSR count). The van der Waals surface area contributed by atoms with Crippen molar-refractivity contribution in [1.82, 2.24) is 15.4 Å². The second-order valence-electron chi connectivity index (χ2n) is 6.66. The average Bonchev–Trinajstić information content (AvgIpc) is 3.05. The number of aromatic nitrogens is 3. The lowest BCUT2D eigenvalue weighted by Crippen LogP contribution is -2.37. The summed E-state index contributed by atoms with van der Waals surface area (Å²) in [4.78, 5) is 14.3. The molecule has 1 N–H and O–H groups in total. The molecule has 0 radical (unpaired) electrons. The topological polar surface area (TPSA) is 93.4 Å². The normalized spacial score (nSPS) is 15.4. The van der Waals surface area contributed by atoms with Crippen molar-refractivity contribution in [1.29, 1.82) is 0 Å². The Morgan fingerprint density at radius 3 is 2.54 bits per heavy atom. The van der Waals surface area contributed by atoms with Crippen molar-refractivity contribution in [2.45, 2.75) is 26.2 Å². The van der Waals surface area contributed by atoms with Crippen molar-refractivity contribution in [2.75, 3.05) is 36.5 Å². The number of carbonyl (C=O) groups is 1. The average molecular weight is 331 g/mol. The Hall–Kier alpha value is -2.48. The highest BCUT2D eigenvalue weighted by atomic mass is 16.5. The quantitative estimate of drug-likeness (QED) is 0.917. The number of rotatable bonds is 3. The van der Waals surface area contributed by atoms with E-state index in [-0.39, 0.29) is 17.0 Å². The van der Waals surface area contributed by atoms with Crippen molar-refractivity contribution in [3.05, 3.63) is 29.6 Å². The minimum atomic E-state index is -0.382. The van der Waals surface area contributed by atoms with Crippen LogP contribution in [0.4, 0.5) is 11.7 Å². The van der Waals surface area contributed by atoms with Crippen LogP contribution in [0.3, 0.4) is 0 Å². The molecule has 1 saturated heterocycles. The van der Waals surface area contributed by atoms with Gasteiger partial charge in [0.15, 0.2) is 11.5 Å². The number of carbonyl (C=O) groups excluding carboxylic acids is 1. The van der Waals surface area contributed by atoms with Crippen LogP contribution in [0.15, 0.2) is 22.7 Å². The zero-order chi connectivity index (χ0) is 17.2. The van der Waals surface area contributed by atoms with E-state index >= 15 is 0 Å². The fraction of sp³-hybridized carbons (Fsp3) is 0.500. The van der Waals surface area contributed by atoms with E-state index in [4.69, 9.17) is 9.26 Å². The van der Waals surface area contributed by atoms with Crippen LogP contribution in [-0.2, 0) is 10.2 Å². The zero-order valence-electron chi connectivity index (χ0n) is 14.1. The third-order valence-corrected chi connectivity index (χ3v) is 3.73. The van der Waals surface area contributed by atoms with Crippen molar-refractivity contribution in [2.24, 2.45) is 0 Å². The minimum absolute atomic E-state index is 0.147. The predicted octanol–water partition coefficient (Wildman–Crippen LogP) is 1.85. The third-order valence-electron chi connectivity index (χ3n) is 3.73. The molecule has 3 heterocycles. The SMILES string of the molecule is CC(C)(C)c1cc(NC(=O)c2ccc(N3CCOCC3)nn2)on1. The van der Waals surface area contributed by atoms with E-state index in [9.17, 15) is 4.79 Å². The minimum Gasteiger partial charge on any atom is -0.378 e. The largest absolute Gasteiger partial charge is 0.378 e. The zero-order valence-corrected chi connectivity index (χ0v) is 14.1. The molecule has 0 unspecified atom stereocenters. The Bertz CT molecular complexity index is 699. The maximum Gasteiger partial charge on any atom is 0.278 e. The van der Waals surface area contributed by atoms with E-state index in [0.717, 1.165) is 24.6 Å². The molecule has 1 aliphatic rings. The maximum absolute atomic E-state index is 12.2. The maximum atomic E-state index is 12.2. The van der Waals surface area contributed by atoms with Crippen molar-refractivity contribution in [3.8, 4) is 0 Å². The van der Waals surface area contributed by atoms with Gasteiger partial charge in [-0.3, -0.25) is 10.1 Å².